The number of amides is 1. The molecule has 0 aliphatic carbocycles. The van der Waals surface area contributed by atoms with E-state index < -0.39 is 0 Å². The predicted octanol–water partition coefficient (Wildman–Crippen LogP) is 5.05. The van der Waals surface area contributed by atoms with Crippen LogP contribution in [-0.4, -0.2) is 39.3 Å². The predicted molar refractivity (Wildman–Crippen MR) is 140 cm³/mol. The van der Waals surface area contributed by atoms with Gasteiger partial charge < -0.3 is 14.0 Å². The van der Waals surface area contributed by atoms with E-state index >= 15 is 0 Å². The molecule has 2 aromatic carbocycles. The van der Waals surface area contributed by atoms with Gasteiger partial charge in [-0.2, -0.15) is 0 Å². The highest BCUT2D eigenvalue weighted by Gasteiger charge is 2.17. The average Bonchev–Trinajstić information content (AvgIpc) is 2.99. The first-order valence-corrected chi connectivity index (χ1v) is 10.5. The largest absolute Gasteiger partial charge is 0.346 e. The van der Waals surface area contributed by atoms with Crippen LogP contribution in [0.15, 0.2) is 42.5 Å². The summed E-state index contributed by atoms with van der Waals surface area (Å²) in [4.78, 5) is 26.0. The first-order chi connectivity index (χ1) is 14.3. The summed E-state index contributed by atoms with van der Waals surface area (Å²) in [7, 11) is 1.78. The van der Waals surface area contributed by atoms with Gasteiger partial charge in [-0.05, 0) is 48.7 Å². The fourth-order valence-electron chi connectivity index (χ4n) is 3.63. The molecule has 0 saturated carbocycles. The number of rotatable bonds is 8. The number of aryl methyl sites for hydroxylation is 2. The van der Waals surface area contributed by atoms with Crippen LogP contribution in [0.25, 0.3) is 11.0 Å². The second-order valence-corrected chi connectivity index (χ2v) is 7.86. The summed E-state index contributed by atoms with van der Waals surface area (Å²) in [6.45, 7) is 4.94. The van der Waals surface area contributed by atoms with Gasteiger partial charge in [0.1, 0.15) is 0 Å². The third-order valence-electron chi connectivity index (χ3n) is 5.43. The van der Waals surface area contributed by atoms with E-state index in [-0.39, 0.29) is 52.2 Å². The Morgan fingerprint density at radius 2 is 1.72 bits per heavy atom. The third kappa shape index (κ3) is 6.11. The molecule has 32 heavy (non-hydrogen) atoms. The molecule has 1 amide bonds. The number of hydrogen-bond donors (Lipinski definition) is 1. The Labute approximate surface area is 214 Å². The van der Waals surface area contributed by atoms with E-state index in [1.54, 1.807) is 47.7 Å². The summed E-state index contributed by atoms with van der Waals surface area (Å²) in [5.41, 5.74) is 3.86. The highest BCUT2D eigenvalue weighted by molar-refractivity contribution is 8.93. The molecule has 0 aliphatic rings. The molecule has 0 bridgehead atoms. The monoisotopic (exact) mass is 586 g/mol. The number of carbonyl (C=O) groups excluding carboxylic acids is 2. The Balaban J connectivity index is 0.00000256. The van der Waals surface area contributed by atoms with Crippen molar-refractivity contribution in [1.82, 2.24) is 14.0 Å². The summed E-state index contributed by atoms with van der Waals surface area (Å²) in [5, 5.41) is 9.36. The van der Waals surface area contributed by atoms with Crippen molar-refractivity contribution < 1.29 is 9.59 Å². The highest BCUT2D eigenvalue weighted by atomic mass is 79.9. The maximum atomic E-state index is 12.9. The van der Waals surface area contributed by atoms with Gasteiger partial charge in [-0.25, -0.2) is 0 Å². The molecule has 0 spiro atoms. The van der Waals surface area contributed by atoms with E-state index in [1.165, 1.54) is 0 Å². The molecular weight excluding hydrogens is 560 g/mol. The Morgan fingerprint density at radius 1 is 1.06 bits per heavy atom. The third-order valence-corrected chi connectivity index (χ3v) is 5.68. The van der Waals surface area contributed by atoms with Crippen LogP contribution in [0.2, 0.25) is 5.02 Å². The number of ketones is 1. The molecule has 1 heterocycles. The van der Waals surface area contributed by atoms with Crippen molar-refractivity contribution in [2.75, 3.05) is 13.6 Å². The van der Waals surface area contributed by atoms with Gasteiger partial charge in [0, 0.05) is 37.6 Å². The first-order valence-electron chi connectivity index (χ1n) is 10.1. The molecule has 3 aromatic rings. The van der Waals surface area contributed by atoms with Gasteiger partial charge in [-0.1, -0.05) is 30.7 Å². The summed E-state index contributed by atoms with van der Waals surface area (Å²) < 4.78 is 3.72. The maximum Gasteiger partial charge on any atom is 0.219 e. The van der Waals surface area contributed by atoms with E-state index in [1.807, 2.05) is 16.7 Å². The van der Waals surface area contributed by atoms with Crippen molar-refractivity contribution in [1.29, 1.82) is 5.41 Å². The number of para-hydroxylation sites is 1. The summed E-state index contributed by atoms with van der Waals surface area (Å²) in [6.07, 6.45) is 1.56. The molecular formula is C23H29Br2ClN4O2. The number of Topliss-reactive ketones (excluding diaryl/α,β-unsaturated/α-hetero) is 1. The molecule has 0 atom stereocenters. The molecule has 9 heteroatoms. The normalized spacial score (nSPS) is 10.4. The highest BCUT2D eigenvalue weighted by Crippen LogP contribution is 2.20. The molecule has 6 nitrogen and oxygen atoms in total. The second kappa shape index (κ2) is 12.4. The van der Waals surface area contributed by atoms with Crippen LogP contribution in [0.5, 0.6) is 0 Å². The molecule has 0 radical (unpaired) electrons. The molecule has 0 fully saturated rings. The number of hydrogen-bond acceptors (Lipinski definition) is 3. The van der Waals surface area contributed by atoms with E-state index in [9.17, 15) is 9.59 Å². The van der Waals surface area contributed by atoms with E-state index in [0.29, 0.717) is 29.3 Å². The molecule has 3 rings (SSSR count). The minimum Gasteiger partial charge on any atom is -0.346 e. The van der Waals surface area contributed by atoms with Crippen LogP contribution in [-0.2, 0) is 24.3 Å². The quantitative estimate of drug-likeness (QED) is 0.375. The van der Waals surface area contributed by atoms with Crippen molar-refractivity contribution in [2.45, 2.75) is 39.8 Å². The number of benzene rings is 2. The average molecular weight is 589 g/mol. The number of aromatic nitrogens is 2. The van der Waals surface area contributed by atoms with Crippen LogP contribution < -0.4 is 5.62 Å². The van der Waals surface area contributed by atoms with Gasteiger partial charge >= 0.3 is 0 Å². The van der Waals surface area contributed by atoms with Crippen molar-refractivity contribution in [2.24, 2.45) is 0 Å². The minimum atomic E-state index is -0.0672. The Kier molecular flexibility index (Phi) is 10.9. The number of nitrogens with one attached hydrogen (secondary N) is 1. The van der Waals surface area contributed by atoms with Crippen LogP contribution in [0.4, 0.5) is 0 Å². The number of fused-ring (bicyclic) bond motifs is 1. The zero-order valence-electron chi connectivity index (χ0n) is 18.4. The van der Waals surface area contributed by atoms with Gasteiger partial charge in [0.2, 0.25) is 11.5 Å². The van der Waals surface area contributed by atoms with Crippen molar-refractivity contribution >= 4 is 68.3 Å². The van der Waals surface area contributed by atoms with E-state index in [2.05, 4.69) is 13.0 Å². The lowest BCUT2D eigenvalue weighted by atomic mass is 10.1. The number of halogens is 3. The fraction of sp³-hybridized carbons (Fsp3) is 0.348. The molecule has 174 valence electrons. The molecule has 1 aromatic heterocycles. The lowest BCUT2D eigenvalue weighted by Gasteiger charge is -2.15. The van der Waals surface area contributed by atoms with E-state index in [0.717, 1.165) is 29.4 Å². The Bertz CT molecular complexity index is 1140. The first kappa shape index (κ1) is 28.1. The van der Waals surface area contributed by atoms with Gasteiger partial charge in [0.05, 0.1) is 17.6 Å². The summed E-state index contributed by atoms with van der Waals surface area (Å²) in [6, 6.07) is 12.8. The summed E-state index contributed by atoms with van der Waals surface area (Å²) in [5.74, 6) is -0.0428. The van der Waals surface area contributed by atoms with Crippen LogP contribution >= 0.6 is 45.6 Å². The standard InChI is InChI=1S/C23H27ClN4O2.2BrH/c1-4-17-7-5-8-20-22(17)27(14-6-13-26(3)16(2)29)23(25)28(20)15-21(30)18-9-11-19(24)12-10-18;;/h5,7-12,25H,4,6,13-15H2,1-3H3;2*1H. The number of nitrogens with zero attached hydrogens (tertiary/aromatic N) is 3. The van der Waals surface area contributed by atoms with E-state index in [4.69, 9.17) is 17.0 Å². The number of imidazole rings is 1. The van der Waals surface area contributed by atoms with Crippen molar-refractivity contribution in [3.63, 3.8) is 0 Å². The zero-order valence-corrected chi connectivity index (χ0v) is 22.6. The second-order valence-electron chi connectivity index (χ2n) is 7.42. The number of carbonyl (C=O) groups is 2. The van der Waals surface area contributed by atoms with Crippen LogP contribution in [0.1, 0.15) is 36.2 Å². The molecule has 0 aliphatic heterocycles. The molecule has 0 saturated heterocycles. The topological polar surface area (TPSA) is 71.1 Å². The Morgan fingerprint density at radius 3 is 2.31 bits per heavy atom. The van der Waals surface area contributed by atoms with Gasteiger partial charge in [-0.15, -0.1) is 34.0 Å². The lowest BCUT2D eigenvalue weighted by Crippen LogP contribution is -2.30. The molecule has 0 unspecified atom stereocenters. The van der Waals surface area contributed by atoms with Crippen molar-refractivity contribution in [3.05, 3.63) is 64.2 Å². The minimum absolute atomic E-state index is 0. The SMILES string of the molecule is Br.Br.CCc1cccc2c1n(CCCN(C)C(C)=O)c(=N)n2CC(=O)c1ccc(Cl)cc1. The van der Waals surface area contributed by atoms with Crippen LogP contribution in [0, 0.1) is 5.41 Å². The van der Waals surface area contributed by atoms with Crippen molar-refractivity contribution in [3.8, 4) is 0 Å². The van der Waals surface area contributed by atoms with Gasteiger partial charge in [0.15, 0.2) is 5.78 Å². The van der Waals surface area contributed by atoms with Crippen LogP contribution in [0.3, 0.4) is 0 Å². The van der Waals surface area contributed by atoms with Gasteiger partial charge in [0.25, 0.3) is 0 Å². The smallest absolute Gasteiger partial charge is 0.219 e. The maximum absolute atomic E-state index is 12.9. The molecule has 1 N–H and O–H groups in total. The Hall–Kier alpha value is -1.90. The summed E-state index contributed by atoms with van der Waals surface area (Å²) >= 11 is 5.93. The van der Waals surface area contributed by atoms with Gasteiger partial charge in [-0.3, -0.25) is 15.0 Å². The fourth-order valence-corrected chi connectivity index (χ4v) is 3.76. The lowest BCUT2D eigenvalue weighted by molar-refractivity contribution is -0.127. The zero-order chi connectivity index (χ0) is 21.8.